The predicted octanol–water partition coefficient (Wildman–Crippen LogP) is 1.63. The van der Waals surface area contributed by atoms with Gasteiger partial charge in [-0.05, 0) is 6.07 Å². The Hall–Kier alpha value is -2.78. The van der Waals surface area contributed by atoms with Crippen molar-refractivity contribution in [2.24, 2.45) is 7.05 Å². The second-order valence-corrected chi connectivity index (χ2v) is 5.51. The molecule has 2 aromatic rings. The van der Waals surface area contributed by atoms with Crippen molar-refractivity contribution in [1.82, 2.24) is 24.9 Å². The standard InChI is InChI=1S/C14H17F2N7O/c1-21-6-7-23(8-9-4-3-5-17-13(9)21)14(24)18-12-10(11(15)16)22(2)20-19-12/h3-5,11H,6-8H2,1-2H3,(H,18,24). The number of carbonyl (C=O) groups is 1. The molecular weight excluding hydrogens is 320 g/mol. The van der Waals surface area contributed by atoms with Crippen LogP contribution in [-0.2, 0) is 13.6 Å². The average molecular weight is 337 g/mol. The first-order valence-corrected chi connectivity index (χ1v) is 7.36. The summed E-state index contributed by atoms with van der Waals surface area (Å²) in [5, 5.41) is 9.57. The van der Waals surface area contributed by atoms with Crippen LogP contribution in [0.5, 0.6) is 0 Å². The highest BCUT2D eigenvalue weighted by molar-refractivity contribution is 5.89. The highest BCUT2D eigenvalue weighted by Crippen LogP contribution is 2.25. The number of hydrogen-bond donors (Lipinski definition) is 1. The number of rotatable bonds is 2. The summed E-state index contributed by atoms with van der Waals surface area (Å²) < 4.78 is 27.0. The fraction of sp³-hybridized carbons (Fsp3) is 0.429. The highest BCUT2D eigenvalue weighted by atomic mass is 19.3. The molecule has 0 aromatic carbocycles. The molecule has 2 amide bonds. The lowest BCUT2D eigenvalue weighted by molar-refractivity contribution is 0.141. The maximum Gasteiger partial charge on any atom is 0.323 e. The van der Waals surface area contributed by atoms with Crippen LogP contribution in [0.2, 0.25) is 0 Å². The Balaban J connectivity index is 1.79. The molecule has 0 spiro atoms. The summed E-state index contributed by atoms with van der Waals surface area (Å²) in [5.41, 5.74) is 0.471. The van der Waals surface area contributed by atoms with Crippen molar-refractivity contribution < 1.29 is 13.6 Å². The Bertz CT molecular complexity index is 748. The van der Waals surface area contributed by atoms with E-state index in [1.54, 1.807) is 12.3 Å². The van der Waals surface area contributed by atoms with Gasteiger partial charge in [-0.2, -0.15) is 0 Å². The normalized spacial score (nSPS) is 14.5. The molecule has 128 valence electrons. The van der Waals surface area contributed by atoms with Crippen LogP contribution in [0.25, 0.3) is 0 Å². The van der Waals surface area contributed by atoms with Gasteiger partial charge in [0.15, 0.2) is 5.82 Å². The van der Waals surface area contributed by atoms with E-state index in [0.29, 0.717) is 19.6 Å². The van der Waals surface area contributed by atoms with E-state index in [2.05, 4.69) is 20.6 Å². The van der Waals surface area contributed by atoms with Crippen LogP contribution in [0.3, 0.4) is 0 Å². The highest BCUT2D eigenvalue weighted by Gasteiger charge is 2.26. The van der Waals surface area contributed by atoms with Gasteiger partial charge in [0.05, 0.1) is 6.54 Å². The van der Waals surface area contributed by atoms with Gasteiger partial charge in [0.25, 0.3) is 6.43 Å². The summed E-state index contributed by atoms with van der Waals surface area (Å²) in [6, 6.07) is 3.19. The number of anilines is 2. The average Bonchev–Trinajstić information content (AvgIpc) is 2.82. The number of aromatic nitrogens is 4. The van der Waals surface area contributed by atoms with E-state index in [0.717, 1.165) is 16.1 Å². The summed E-state index contributed by atoms with van der Waals surface area (Å²) in [5.74, 6) is 0.585. The molecule has 0 unspecified atom stereocenters. The van der Waals surface area contributed by atoms with E-state index in [1.807, 2.05) is 18.0 Å². The lowest BCUT2D eigenvalue weighted by Crippen LogP contribution is -2.37. The molecule has 0 aliphatic carbocycles. The minimum Gasteiger partial charge on any atom is -0.358 e. The zero-order valence-electron chi connectivity index (χ0n) is 13.3. The smallest absolute Gasteiger partial charge is 0.323 e. The topological polar surface area (TPSA) is 79.2 Å². The molecule has 0 saturated carbocycles. The van der Waals surface area contributed by atoms with Crippen LogP contribution in [0, 0.1) is 0 Å². The lowest BCUT2D eigenvalue weighted by atomic mass is 10.2. The number of carbonyl (C=O) groups excluding carboxylic acids is 1. The van der Waals surface area contributed by atoms with Gasteiger partial charge in [-0.3, -0.25) is 5.32 Å². The van der Waals surface area contributed by atoms with Gasteiger partial charge in [-0.25, -0.2) is 23.2 Å². The Morgan fingerprint density at radius 1 is 1.33 bits per heavy atom. The van der Waals surface area contributed by atoms with Gasteiger partial charge < -0.3 is 9.80 Å². The Morgan fingerprint density at radius 3 is 2.88 bits per heavy atom. The molecule has 2 aromatic heterocycles. The zero-order chi connectivity index (χ0) is 17.3. The second kappa shape index (κ2) is 6.38. The van der Waals surface area contributed by atoms with Crippen molar-refractivity contribution >= 4 is 17.7 Å². The van der Waals surface area contributed by atoms with E-state index in [-0.39, 0.29) is 5.82 Å². The molecule has 0 radical (unpaired) electrons. The van der Waals surface area contributed by atoms with Crippen LogP contribution in [0.4, 0.5) is 25.2 Å². The van der Waals surface area contributed by atoms with Gasteiger partial charge in [-0.15, -0.1) is 5.10 Å². The molecule has 1 aliphatic rings. The molecule has 0 bridgehead atoms. The monoisotopic (exact) mass is 337 g/mol. The van der Waals surface area contributed by atoms with Crippen molar-refractivity contribution in [1.29, 1.82) is 0 Å². The van der Waals surface area contributed by atoms with E-state index in [4.69, 9.17) is 0 Å². The number of halogens is 2. The van der Waals surface area contributed by atoms with Crippen LogP contribution in [0.1, 0.15) is 17.7 Å². The van der Waals surface area contributed by atoms with E-state index < -0.39 is 18.2 Å². The van der Waals surface area contributed by atoms with Gasteiger partial charge in [0.2, 0.25) is 0 Å². The molecule has 24 heavy (non-hydrogen) atoms. The van der Waals surface area contributed by atoms with Crippen LogP contribution >= 0.6 is 0 Å². The van der Waals surface area contributed by atoms with Gasteiger partial charge in [0.1, 0.15) is 11.5 Å². The number of nitrogens with one attached hydrogen (secondary N) is 1. The van der Waals surface area contributed by atoms with E-state index in [9.17, 15) is 13.6 Å². The van der Waals surface area contributed by atoms with E-state index in [1.165, 1.54) is 11.9 Å². The Labute approximate surface area is 137 Å². The number of fused-ring (bicyclic) bond motifs is 1. The van der Waals surface area contributed by atoms with Crippen molar-refractivity contribution in [3.8, 4) is 0 Å². The minimum absolute atomic E-state index is 0.221. The zero-order valence-corrected chi connectivity index (χ0v) is 13.3. The summed E-state index contributed by atoms with van der Waals surface area (Å²) >= 11 is 0. The molecule has 1 aliphatic heterocycles. The predicted molar refractivity (Wildman–Crippen MR) is 82.9 cm³/mol. The van der Waals surface area contributed by atoms with Crippen molar-refractivity contribution in [2.75, 3.05) is 30.4 Å². The number of nitrogens with zero attached hydrogens (tertiary/aromatic N) is 6. The summed E-state index contributed by atoms with van der Waals surface area (Å²) in [6.45, 7) is 1.35. The second-order valence-electron chi connectivity index (χ2n) is 5.51. The molecule has 3 rings (SSSR count). The van der Waals surface area contributed by atoms with Crippen molar-refractivity contribution in [3.05, 3.63) is 29.6 Å². The van der Waals surface area contributed by atoms with E-state index >= 15 is 0 Å². The molecule has 1 N–H and O–H groups in total. The molecule has 10 heteroatoms. The first-order valence-electron chi connectivity index (χ1n) is 7.36. The fourth-order valence-electron chi connectivity index (χ4n) is 2.61. The summed E-state index contributed by atoms with van der Waals surface area (Å²) in [4.78, 5) is 20.3. The molecular formula is C14H17F2N7O. The van der Waals surface area contributed by atoms with Gasteiger partial charge >= 0.3 is 6.03 Å². The third-order valence-electron chi connectivity index (χ3n) is 3.89. The van der Waals surface area contributed by atoms with Crippen LogP contribution in [0.15, 0.2) is 18.3 Å². The molecule has 3 heterocycles. The third-order valence-corrected chi connectivity index (χ3v) is 3.89. The summed E-state index contributed by atoms with van der Waals surface area (Å²) in [6.07, 6.45) is -1.08. The van der Waals surface area contributed by atoms with Gasteiger partial charge in [-0.1, -0.05) is 11.3 Å². The number of amides is 2. The van der Waals surface area contributed by atoms with Gasteiger partial charge in [0, 0.05) is 38.9 Å². The number of likely N-dealkylation sites (N-methyl/N-ethyl adjacent to an activating group) is 1. The minimum atomic E-state index is -2.78. The van der Waals surface area contributed by atoms with Crippen LogP contribution < -0.4 is 10.2 Å². The SMILES string of the molecule is CN1CCN(C(=O)Nc2nnn(C)c2C(F)F)Cc2cccnc21. The maximum atomic E-state index is 13.0. The third kappa shape index (κ3) is 2.99. The number of hydrogen-bond acceptors (Lipinski definition) is 5. The molecule has 0 saturated heterocycles. The molecule has 0 atom stereocenters. The summed E-state index contributed by atoms with van der Waals surface area (Å²) in [7, 11) is 3.25. The molecule has 0 fully saturated rings. The number of pyridine rings is 1. The number of aryl methyl sites for hydroxylation is 1. The first-order chi connectivity index (χ1) is 11.5. The largest absolute Gasteiger partial charge is 0.358 e. The number of urea groups is 1. The fourth-order valence-corrected chi connectivity index (χ4v) is 2.61. The Kier molecular flexibility index (Phi) is 4.28. The first kappa shape index (κ1) is 16.1. The Morgan fingerprint density at radius 2 is 2.12 bits per heavy atom. The van der Waals surface area contributed by atoms with Crippen molar-refractivity contribution in [2.45, 2.75) is 13.0 Å². The number of alkyl halides is 2. The maximum absolute atomic E-state index is 13.0. The van der Waals surface area contributed by atoms with Crippen molar-refractivity contribution in [3.63, 3.8) is 0 Å². The quantitative estimate of drug-likeness (QED) is 0.901. The lowest BCUT2D eigenvalue weighted by Gasteiger charge is -2.21. The van der Waals surface area contributed by atoms with Crippen LogP contribution in [-0.4, -0.2) is 51.0 Å². The molecule has 8 nitrogen and oxygen atoms in total.